The summed E-state index contributed by atoms with van der Waals surface area (Å²) >= 11 is 0. The smallest absolute Gasteiger partial charge is 0.395 e. The Kier molecular flexibility index (Phi) is 3.72. The van der Waals surface area contributed by atoms with Gasteiger partial charge in [0.25, 0.3) is 0 Å². The zero-order valence-corrected chi connectivity index (χ0v) is 9.22. The predicted molar refractivity (Wildman–Crippen MR) is 59.6 cm³/mol. The zero-order chi connectivity index (χ0) is 12.1. The molecule has 1 unspecified atom stereocenters. The van der Waals surface area contributed by atoms with Crippen molar-refractivity contribution in [2.75, 3.05) is 6.54 Å². The Balaban J connectivity index is 1.83. The standard InChI is InChI=1S/C12H13NO4/c14-11(10-7-4-8-13-10)17-12(15)16-9-5-2-1-3-6-9/h1-3,5-6,10,13H,4,7-8H2. The second-order valence-corrected chi connectivity index (χ2v) is 3.74. The highest BCUT2D eigenvalue weighted by Gasteiger charge is 2.26. The second kappa shape index (κ2) is 5.45. The van der Waals surface area contributed by atoms with Gasteiger partial charge < -0.3 is 14.8 Å². The number of rotatable bonds is 2. The molecule has 5 nitrogen and oxygen atoms in total. The molecule has 0 spiro atoms. The molecule has 90 valence electrons. The average molecular weight is 235 g/mol. The van der Waals surface area contributed by atoms with Gasteiger partial charge in [-0.1, -0.05) is 18.2 Å². The molecule has 1 aliphatic heterocycles. The number of hydrogen-bond acceptors (Lipinski definition) is 5. The maximum absolute atomic E-state index is 11.5. The lowest BCUT2D eigenvalue weighted by atomic mass is 10.2. The molecule has 1 saturated heterocycles. The van der Waals surface area contributed by atoms with Crippen LogP contribution in [-0.4, -0.2) is 24.7 Å². The van der Waals surface area contributed by atoms with Gasteiger partial charge in [0.2, 0.25) is 0 Å². The van der Waals surface area contributed by atoms with Crippen molar-refractivity contribution in [2.24, 2.45) is 0 Å². The van der Waals surface area contributed by atoms with Gasteiger partial charge in [-0.15, -0.1) is 0 Å². The van der Waals surface area contributed by atoms with E-state index in [1.807, 2.05) is 0 Å². The highest BCUT2D eigenvalue weighted by molar-refractivity contribution is 5.86. The van der Waals surface area contributed by atoms with Crippen LogP contribution in [0.5, 0.6) is 5.75 Å². The van der Waals surface area contributed by atoms with Crippen molar-refractivity contribution in [1.82, 2.24) is 5.32 Å². The summed E-state index contributed by atoms with van der Waals surface area (Å²) < 4.78 is 9.41. The summed E-state index contributed by atoms with van der Waals surface area (Å²) in [7, 11) is 0. The van der Waals surface area contributed by atoms with E-state index in [1.54, 1.807) is 30.3 Å². The molecule has 0 amide bonds. The number of ether oxygens (including phenoxy) is 2. The summed E-state index contributed by atoms with van der Waals surface area (Å²) in [4.78, 5) is 22.7. The van der Waals surface area contributed by atoms with E-state index in [9.17, 15) is 9.59 Å². The molecule has 1 N–H and O–H groups in total. The number of esters is 1. The molecule has 1 aliphatic rings. The van der Waals surface area contributed by atoms with E-state index in [0.29, 0.717) is 12.2 Å². The summed E-state index contributed by atoms with van der Waals surface area (Å²) in [5.74, 6) is -0.229. The fourth-order valence-corrected chi connectivity index (χ4v) is 1.64. The van der Waals surface area contributed by atoms with Gasteiger partial charge in [-0.3, -0.25) is 0 Å². The fraction of sp³-hybridized carbons (Fsp3) is 0.333. The molecule has 1 atom stereocenters. The first kappa shape index (κ1) is 11.6. The Hall–Kier alpha value is -1.88. The minimum atomic E-state index is -0.991. The number of hydrogen-bond donors (Lipinski definition) is 1. The van der Waals surface area contributed by atoms with Crippen molar-refractivity contribution in [2.45, 2.75) is 18.9 Å². The van der Waals surface area contributed by atoms with Gasteiger partial charge in [0.15, 0.2) is 0 Å². The normalized spacial score (nSPS) is 18.7. The van der Waals surface area contributed by atoms with Gasteiger partial charge >= 0.3 is 12.1 Å². The summed E-state index contributed by atoms with van der Waals surface area (Å²) in [5, 5.41) is 2.94. The third-order valence-corrected chi connectivity index (χ3v) is 2.47. The Morgan fingerprint density at radius 2 is 2.00 bits per heavy atom. The van der Waals surface area contributed by atoms with Gasteiger partial charge in [-0.25, -0.2) is 9.59 Å². The minimum Gasteiger partial charge on any atom is -0.395 e. The SMILES string of the molecule is O=C(OC(=O)C1CCCN1)Oc1ccccc1. The molecule has 5 heteroatoms. The maximum Gasteiger partial charge on any atom is 0.521 e. The van der Waals surface area contributed by atoms with Gasteiger partial charge in [0.1, 0.15) is 11.8 Å². The Bertz CT molecular complexity index is 398. The largest absolute Gasteiger partial charge is 0.521 e. The molecule has 0 aliphatic carbocycles. The van der Waals surface area contributed by atoms with Gasteiger partial charge in [-0.2, -0.15) is 0 Å². The lowest BCUT2D eigenvalue weighted by Crippen LogP contribution is -2.34. The molecule has 1 fully saturated rings. The number of benzene rings is 1. The molecule has 0 radical (unpaired) electrons. The predicted octanol–water partition coefficient (Wildman–Crippen LogP) is 1.48. The number of para-hydroxylation sites is 1. The average Bonchev–Trinajstić information content (AvgIpc) is 2.83. The molecule has 1 aromatic carbocycles. The molecule has 1 aromatic rings. The van der Waals surface area contributed by atoms with Crippen LogP contribution in [0.1, 0.15) is 12.8 Å². The van der Waals surface area contributed by atoms with Crippen molar-refractivity contribution < 1.29 is 19.1 Å². The van der Waals surface area contributed by atoms with Crippen molar-refractivity contribution >= 4 is 12.1 Å². The first-order valence-electron chi connectivity index (χ1n) is 5.47. The van der Waals surface area contributed by atoms with Gasteiger partial charge in [0.05, 0.1) is 0 Å². The molecule has 0 saturated carbocycles. The van der Waals surface area contributed by atoms with Crippen molar-refractivity contribution in [3.63, 3.8) is 0 Å². The van der Waals surface area contributed by atoms with Crippen LogP contribution in [0.25, 0.3) is 0 Å². The van der Waals surface area contributed by atoms with Crippen LogP contribution in [0.3, 0.4) is 0 Å². The summed E-state index contributed by atoms with van der Waals surface area (Å²) in [6.45, 7) is 0.771. The van der Waals surface area contributed by atoms with Crippen molar-refractivity contribution in [1.29, 1.82) is 0 Å². The molecule has 0 aromatic heterocycles. The van der Waals surface area contributed by atoms with Crippen LogP contribution in [0.2, 0.25) is 0 Å². The van der Waals surface area contributed by atoms with E-state index in [1.165, 1.54) is 0 Å². The lowest BCUT2D eigenvalue weighted by molar-refractivity contribution is -0.140. The number of carbonyl (C=O) groups is 2. The molecule has 2 rings (SSSR count). The van der Waals surface area contributed by atoms with Crippen LogP contribution in [0.15, 0.2) is 30.3 Å². The summed E-state index contributed by atoms with van der Waals surface area (Å²) in [5.41, 5.74) is 0. The number of carbonyl (C=O) groups excluding carboxylic acids is 2. The van der Waals surface area contributed by atoms with Crippen LogP contribution >= 0.6 is 0 Å². The third-order valence-electron chi connectivity index (χ3n) is 2.47. The van der Waals surface area contributed by atoms with Crippen LogP contribution in [0.4, 0.5) is 4.79 Å². The van der Waals surface area contributed by atoms with Crippen molar-refractivity contribution in [3.8, 4) is 5.75 Å². The summed E-state index contributed by atoms with van der Waals surface area (Å²) in [6, 6.07) is 8.08. The lowest BCUT2D eigenvalue weighted by Gasteiger charge is -2.08. The van der Waals surface area contributed by atoms with E-state index < -0.39 is 18.2 Å². The number of nitrogens with one attached hydrogen (secondary N) is 1. The molecular weight excluding hydrogens is 222 g/mol. The Labute approximate surface area is 98.7 Å². The minimum absolute atomic E-state index is 0.352. The van der Waals surface area contributed by atoms with Crippen LogP contribution in [0, 0.1) is 0 Å². The maximum atomic E-state index is 11.5. The summed E-state index contributed by atoms with van der Waals surface area (Å²) in [6.07, 6.45) is 0.611. The fourth-order valence-electron chi connectivity index (χ4n) is 1.64. The quantitative estimate of drug-likeness (QED) is 0.478. The first-order valence-corrected chi connectivity index (χ1v) is 5.47. The highest BCUT2D eigenvalue weighted by Crippen LogP contribution is 2.11. The van der Waals surface area contributed by atoms with E-state index in [-0.39, 0.29) is 0 Å². The highest BCUT2D eigenvalue weighted by atomic mass is 16.7. The third kappa shape index (κ3) is 3.29. The molecule has 1 heterocycles. The second-order valence-electron chi connectivity index (χ2n) is 3.74. The van der Waals surface area contributed by atoms with Crippen LogP contribution in [-0.2, 0) is 9.53 Å². The molecule has 0 bridgehead atoms. The van der Waals surface area contributed by atoms with E-state index in [2.05, 4.69) is 10.1 Å². The Morgan fingerprint density at radius 1 is 1.24 bits per heavy atom. The zero-order valence-electron chi connectivity index (χ0n) is 9.22. The topological polar surface area (TPSA) is 64.6 Å². The van der Waals surface area contributed by atoms with Crippen molar-refractivity contribution in [3.05, 3.63) is 30.3 Å². The van der Waals surface area contributed by atoms with E-state index in [4.69, 9.17) is 4.74 Å². The van der Waals surface area contributed by atoms with E-state index in [0.717, 1.165) is 13.0 Å². The van der Waals surface area contributed by atoms with Gasteiger partial charge in [0, 0.05) is 0 Å². The van der Waals surface area contributed by atoms with Crippen LogP contribution < -0.4 is 10.1 Å². The monoisotopic (exact) mass is 235 g/mol. The molecule has 17 heavy (non-hydrogen) atoms. The molecular formula is C12H13NO4. The van der Waals surface area contributed by atoms with Gasteiger partial charge in [-0.05, 0) is 31.5 Å². The Morgan fingerprint density at radius 3 is 2.65 bits per heavy atom. The van der Waals surface area contributed by atoms with E-state index >= 15 is 0 Å². The first-order chi connectivity index (χ1) is 8.25.